The Hall–Kier alpha value is -4.82. The monoisotopic (exact) mass is 578 g/mol. The minimum Gasteiger partial charge on any atom is -0.489 e. The summed E-state index contributed by atoms with van der Waals surface area (Å²) in [4.78, 5) is 0. The third-order valence-corrected chi connectivity index (χ3v) is 8.03. The van der Waals surface area contributed by atoms with Gasteiger partial charge in [-0.3, -0.25) is 0 Å². The summed E-state index contributed by atoms with van der Waals surface area (Å²) < 4.78 is 12.5. The van der Waals surface area contributed by atoms with E-state index < -0.39 is 0 Å². The molecule has 2 heterocycles. The largest absolute Gasteiger partial charge is 0.489 e. The van der Waals surface area contributed by atoms with Crippen molar-refractivity contribution in [2.45, 2.75) is 40.5 Å². The van der Waals surface area contributed by atoms with Crippen LogP contribution >= 0.6 is 0 Å². The predicted octanol–water partition coefficient (Wildman–Crippen LogP) is 12.0. The molecule has 44 heavy (non-hydrogen) atoms. The zero-order valence-corrected chi connectivity index (χ0v) is 26.3. The van der Waals surface area contributed by atoms with Gasteiger partial charge in [0.15, 0.2) is 0 Å². The van der Waals surface area contributed by atoms with Crippen LogP contribution in [0.4, 0.5) is 0 Å². The summed E-state index contributed by atoms with van der Waals surface area (Å²) in [6.45, 7) is 12.9. The second-order valence-electron chi connectivity index (χ2n) is 11.3. The van der Waals surface area contributed by atoms with Crippen LogP contribution in [0, 0.1) is 5.92 Å². The predicted molar refractivity (Wildman–Crippen MR) is 191 cm³/mol. The maximum Gasteiger partial charge on any atom is 0.136 e. The first-order valence-electron chi connectivity index (χ1n) is 15.5. The van der Waals surface area contributed by atoms with Crippen molar-refractivity contribution in [1.82, 2.24) is 0 Å². The number of hydrogen-bond donors (Lipinski definition) is 0. The average Bonchev–Trinajstić information content (AvgIpc) is 3.42. The van der Waals surface area contributed by atoms with Gasteiger partial charge < -0.3 is 9.15 Å². The fraction of sp³-hybridized carbons (Fsp3) is 0.190. The topological polar surface area (TPSA) is 22.4 Å². The highest BCUT2D eigenvalue weighted by Gasteiger charge is 2.13. The van der Waals surface area contributed by atoms with Gasteiger partial charge in [0.1, 0.15) is 23.5 Å². The van der Waals surface area contributed by atoms with Crippen molar-refractivity contribution in [1.29, 1.82) is 0 Å². The second-order valence-corrected chi connectivity index (χ2v) is 11.3. The van der Waals surface area contributed by atoms with Crippen molar-refractivity contribution in [3.8, 4) is 5.75 Å². The van der Waals surface area contributed by atoms with E-state index in [1.54, 1.807) is 6.08 Å². The van der Waals surface area contributed by atoms with E-state index >= 15 is 0 Å². The summed E-state index contributed by atoms with van der Waals surface area (Å²) in [6, 6.07) is 15.4. The van der Waals surface area contributed by atoms with Crippen LogP contribution in [0.25, 0.3) is 38.3 Å². The van der Waals surface area contributed by atoms with Gasteiger partial charge in [0, 0.05) is 10.8 Å². The molecule has 0 N–H and O–H groups in total. The number of fused-ring (bicyclic) bond motifs is 5. The normalized spacial score (nSPS) is 17.2. The van der Waals surface area contributed by atoms with Gasteiger partial charge in [0.2, 0.25) is 0 Å². The summed E-state index contributed by atoms with van der Waals surface area (Å²) in [5.74, 6) is 1.33. The molecule has 5 rings (SSSR count). The molecule has 1 atom stereocenters. The second kappa shape index (κ2) is 14.6. The van der Waals surface area contributed by atoms with E-state index in [9.17, 15) is 0 Å². The fourth-order valence-electron chi connectivity index (χ4n) is 5.66. The Morgan fingerprint density at radius 1 is 0.932 bits per heavy atom. The molecule has 2 nitrogen and oxygen atoms in total. The Morgan fingerprint density at radius 2 is 1.75 bits per heavy atom. The highest BCUT2D eigenvalue weighted by atomic mass is 16.5. The minimum atomic E-state index is 0.390. The summed E-state index contributed by atoms with van der Waals surface area (Å²) in [5.41, 5.74) is 7.87. The van der Waals surface area contributed by atoms with E-state index in [0.29, 0.717) is 12.5 Å². The van der Waals surface area contributed by atoms with Crippen molar-refractivity contribution in [3.63, 3.8) is 0 Å². The lowest BCUT2D eigenvalue weighted by Gasteiger charge is -2.11. The molecular formula is C42H42O2. The van der Waals surface area contributed by atoms with Gasteiger partial charge in [-0.25, -0.2) is 0 Å². The van der Waals surface area contributed by atoms with E-state index in [-0.39, 0.29) is 0 Å². The van der Waals surface area contributed by atoms with Crippen LogP contribution in [-0.2, 0) is 6.42 Å². The number of allylic oxidation sites excluding steroid dienone is 16. The Labute approximate surface area is 262 Å². The van der Waals surface area contributed by atoms with Crippen LogP contribution in [-0.4, -0.2) is 6.61 Å². The third kappa shape index (κ3) is 7.21. The number of rotatable bonds is 9. The Balaban J connectivity index is 1.39. The first kappa shape index (κ1) is 30.6. The molecular weight excluding hydrogens is 536 g/mol. The quantitative estimate of drug-likeness (QED) is 0.184. The van der Waals surface area contributed by atoms with Crippen molar-refractivity contribution < 1.29 is 9.15 Å². The SMILES string of the molecule is C=C\C=C/C=C(C)/C=C(\C=C/C)C(C)C/C=C\C(=C/C)c1ccc2c(c1)oc1cc3cc4c(cc3cc12)C/C=C\C=C/CO4. The summed E-state index contributed by atoms with van der Waals surface area (Å²) >= 11 is 0. The Morgan fingerprint density at radius 3 is 2.57 bits per heavy atom. The van der Waals surface area contributed by atoms with E-state index in [4.69, 9.17) is 9.15 Å². The van der Waals surface area contributed by atoms with E-state index in [1.165, 1.54) is 27.7 Å². The molecule has 0 radical (unpaired) electrons. The molecule has 1 aliphatic rings. The smallest absolute Gasteiger partial charge is 0.136 e. The van der Waals surface area contributed by atoms with Gasteiger partial charge in [-0.15, -0.1) is 0 Å². The zero-order valence-electron chi connectivity index (χ0n) is 26.3. The van der Waals surface area contributed by atoms with Crippen LogP contribution in [0.3, 0.4) is 0 Å². The van der Waals surface area contributed by atoms with Crippen molar-refractivity contribution in [3.05, 3.63) is 156 Å². The molecule has 222 valence electrons. The number of benzene rings is 3. The summed E-state index contributed by atoms with van der Waals surface area (Å²) in [5, 5.41) is 4.59. The first-order valence-corrected chi connectivity index (χ1v) is 15.5. The van der Waals surface area contributed by atoms with Crippen LogP contribution in [0.1, 0.15) is 45.2 Å². The van der Waals surface area contributed by atoms with Crippen LogP contribution < -0.4 is 4.74 Å². The van der Waals surface area contributed by atoms with Crippen LogP contribution in [0.2, 0.25) is 0 Å². The molecule has 0 fully saturated rings. The minimum absolute atomic E-state index is 0.390. The highest BCUT2D eigenvalue weighted by molar-refractivity contribution is 6.10. The third-order valence-electron chi connectivity index (χ3n) is 8.03. The molecule has 0 saturated carbocycles. The summed E-state index contributed by atoms with van der Waals surface area (Å²) in [6.07, 6.45) is 31.3. The lowest BCUT2D eigenvalue weighted by molar-refractivity contribution is 0.360. The molecule has 1 unspecified atom stereocenters. The number of hydrogen-bond acceptors (Lipinski definition) is 2. The standard InChI is InChI=1S/C42H42O2/c1-6-9-12-17-30(4)24-33(16-7-2)31(5)18-15-20-32(8-3)34-21-22-38-39-26-36-25-35-19-13-10-11-14-23-43-40(35)28-37(36)29-42(39)44-41(38)27-34/h6-17,20-22,24-29,31H,1,18-19,23H2,2-5H3/b12-9-,13-10-,14-11-,16-7-,20-15-,30-17+,32-8+,33-24+. The van der Waals surface area contributed by atoms with Crippen LogP contribution in [0.15, 0.2) is 150 Å². The molecule has 1 aliphatic heterocycles. The van der Waals surface area contributed by atoms with Gasteiger partial charge in [0.25, 0.3) is 0 Å². The van der Waals surface area contributed by atoms with Crippen LogP contribution in [0.5, 0.6) is 5.75 Å². The van der Waals surface area contributed by atoms with E-state index in [1.807, 2.05) is 24.3 Å². The average molecular weight is 579 g/mol. The number of ether oxygens (including phenoxy) is 1. The van der Waals surface area contributed by atoms with Gasteiger partial charge in [-0.1, -0.05) is 104 Å². The molecule has 0 bridgehead atoms. The molecule has 2 heteroatoms. The van der Waals surface area contributed by atoms with Gasteiger partial charge >= 0.3 is 0 Å². The van der Waals surface area contributed by atoms with Crippen molar-refractivity contribution in [2.75, 3.05) is 6.61 Å². The first-order chi connectivity index (χ1) is 21.5. The van der Waals surface area contributed by atoms with Crippen molar-refractivity contribution >= 4 is 38.3 Å². The summed E-state index contributed by atoms with van der Waals surface area (Å²) in [7, 11) is 0. The molecule has 0 amide bonds. The Kier molecular flexibility index (Phi) is 10.1. The van der Waals surface area contributed by atoms with Gasteiger partial charge in [-0.2, -0.15) is 0 Å². The van der Waals surface area contributed by atoms with E-state index in [0.717, 1.165) is 51.5 Å². The molecule has 3 aromatic carbocycles. The molecule has 1 aromatic heterocycles. The lowest BCUT2D eigenvalue weighted by atomic mass is 9.94. The molecule has 0 aliphatic carbocycles. The van der Waals surface area contributed by atoms with Crippen molar-refractivity contribution in [2.24, 2.45) is 5.92 Å². The molecule has 4 aromatic rings. The lowest BCUT2D eigenvalue weighted by Crippen LogP contribution is -1.97. The fourth-order valence-corrected chi connectivity index (χ4v) is 5.66. The van der Waals surface area contributed by atoms with Gasteiger partial charge in [0.05, 0.1) is 0 Å². The molecule has 0 saturated heterocycles. The van der Waals surface area contributed by atoms with E-state index in [2.05, 4.69) is 131 Å². The maximum absolute atomic E-state index is 6.43. The number of furan rings is 1. The Bertz CT molecular complexity index is 1910. The maximum atomic E-state index is 6.43. The highest BCUT2D eigenvalue weighted by Crippen LogP contribution is 2.36. The van der Waals surface area contributed by atoms with Gasteiger partial charge in [-0.05, 0) is 115 Å². The zero-order chi connectivity index (χ0) is 30.9. The molecule has 0 spiro atoms.